The largest absolute Gasteiger partial charge is 0.471 e. The van der Waals surface area contributed by atoms with Crippen molar-refractivity contribution in [1.29, 1.82) is 0 Å². The molecular weight excluding hydrogens is 281 g/mol. The number of pyridine rings is 1. The van der Waals surface area contributed by atoms with Crippen LogP contribution in [0.15, 0.2) is 21.5 Å². The van der Waals surface area contributed by atoms with Crippen LogP contribution in [-0.2, 0) is 4.79 Å². The summed E-state index contributed by atoms with van der Waals surface area (Å²) in [6, 6.07) is 1.07. The fourth-order valence-electron chi connectivity index (χ4n) is 0.743. The second-order valence-corrected chi connectivity index (χ2v) is 3.43. The normalized spacial score (nSPS) is 11.2. The van der Waals surface area contributed by atoms with Crippen LogP contribution in [0.5, 0.6) is 0 Å². The van der Waals surface area contributed by atoms with Crippen molar-refractivity contribution >= 4 is 27.5 Å². The number of nitrogens with one attached hydrogen (secondary N) is 2. The Morgan fingerprint density at radius 1 is 1.47 bits per heavy atom. The zero-order chi connectivity index (χ0) is 11.6. The molecule has 0 radical (unpaired) electrons. The summed E-state index contributed by atoms with van der Waals surface area (Å²) >= 11 is 2.93. The number of carbonyl (C=O) groups is 1. The lowest BCUT2D eigenvalue weighted by molar-refractivity contribution is -0.167. The van der Waals surface area contributed by atoms with E-state index in [1.165, 1.54) is 11.5 Å². The van der Waals surface area contributed by atoms with Gasteiger partial charge in [-0.3, -0.25) is 9.59 Å². The van der Waals surface area contributed by atoms with E-state index in [1.807, 2.05) is 0 Å². The highest BCUT2D eigenvalue weighted by Crippen LogP contribution is 2.17. The smallest absolute Gasteiger partial charge is 0.326 e. The van der Waals surface area contributed by atoms with Gasteiger partial charge < -0.3 is 10.3 Å². The number of anilines is 1. The van der Waals surface area contributed by atoms with Crippen LogP contribution in [0.3, 0.4) is 0 Å². The molecule has 0 aromatic carbocycles. The molecule has 0 aliphatic heterocycles. The van der Waals surface area contributed by atoms with Crippen molar-refractivity contribution in [3.05, 3.63) is 27.1 Å². The predicted octanol–water partition coefficient (Wildman–Crippen LogP) is 1.64. The van der Waals surface area contributed by atoms with Gasteiger partial charge in [0.15, 0.2) is 0 Å². The first kappa shape index (κ1) is 11.8. The Balaban J connectivity index is 2.95. The molecule has 0 atom stereocenters. The van der Waals surface area contributed by atoms with Crippen molar-refractivity contribution in [2.75, 3.05) is 5.32 Å². The lowest BCUT2D eigenvalue weighted by Gasteiger charge is -2.06. The number of aromatic amines is 1. The molecule has 0 aliphatic carbocycles. The van der Waals surface area contributed by atoms with Crippen molar-refractivity contribution in [2.24, 2.45) is 0 Å². The number of aromatic nitrogens is 1. The van der Waals surface area contributed by atoms with Crippen LogP contribution in [0.25, 0.3) is 0 Å². The number of amides is 1. The van der Waals surface area contributed by atoms with Gasteiger partial charge in [-0.05, 0) is 22.0 Å². The molecule has 1 aromatic heterocycles. The molecule has 0 spiro atoms. The third-order valence-corrected chi connectivity index (χ3v) is 1.83. The summed E-state index contributed by atoms with van der Waals surface area (Å²) in [6.07, 6.45) is -3.78. The average Bonchev–Trinajstić information content (AvgIpc) is 2.09. The van der Waals surface area contributed by atoms with Crippen LogP contribution in [0.1, 0.15) is 0 Å². The summed E-state index contributed by atoms with van der Waals surface area (Å²) < 4.78 is 35.8. The van der Waals surface area contributed by atoms with Gasteiger partial charge in [-0.25, -0.2) is 0 Å². The van der Waals surface area contributed by atoms with Crippen LogP contribution in [0, 0.1) is 0 Å². The van der Waals surface area contributed by atoms with E-state index in [1.54, 1.807) is 0 Å². The summed E-state index contributed by atoms with van der Waals surface area (Å²) in [6.45, 7) is 0. The molecule has 0 unspecified atom stereocenters. The Morgan fingerprint density at radius 2 is 2.07 bits per heavy atom. The van der Waals surface area contributed by atoms with E-state index < -0.39 is 23.3 Å². The maximum absolute atomic E-state index is 11.8. The van der Waals surface area contributed by atoms with E-state index in [9.17, 15) is 22.8 Å². The van der Waals surface area contributed by atoms with E-state index >= 15 is 0 Å². The molecule has 0 fully saturated rings. The van der Waals surface area contributed by atoms with Gasteiger partial charge in [-0.15, -0.1) is 0 Å². The molecule has 1 aromatic rings. The van der Waals surface area contributed by atoms with Crippen molar-refractivity contribution in [1.82, 2.24) is 4.98 Å². The Kier molecular flexibility index (Phi) is 3.18. The number of carbonyl (C=O) groups excluding carboxylic acids is 1. The lowest BCUT2D eigenvalue weighted by atomic mass is 10.4. The number of H-pyrrole nitrogens is 1. The quantitative estimate of drug-likeness (QED) is 0.824. The minimum absolute atomic E-state index is 0.347. The van der Waals surface area contributed by atoms with E-state index in [0.29, 0.717) is 4.47 Å². The number of hydrogen-bond donors (Lipinski definition) is 2. The van der Waals surface area contributed by atoms with Gasteiger partial charge in [0.25, 0.3) is 5.56 Å². The monoisotopic (exact) mass is 284 g/mol. The van der Waals surface area contributed by atoms with Crippen LogP contribution in [-0.4, -0.2) is 17.1 Å². The lowest BCUT2D eigenvalue weighted by Crippen LogP contribution is -2.32. The summed E-state index contributed by atoms with van der Waals surface area (Å²) in [4.78, 5) is 23.6. The molecule has 0 saturated carbocycles. The SMILES string of the molecule is O=C(Nc1cc(Br)c[nH]c1=O)C(F)(F)F. The topological polar surface area (TPSA) is 62.0 Å². The zero-order valence-corrected chi connectivity index (χ0v) is 8.57. The molecule has 0 aliphatic rings. The van der Waals surface area contributed by atoms with E-state index in [-0.39, 0.29) is 0 Å². The Labute approximate surface area is 89.6 Å². The standard InChI is InChI=1S/C7H4BrF3N2O2/c8-3-1-4(5(14)12-2-3)13-6(15)7(9,10)11/h1-2H,(H,12,14)(H,13,15). The third-order valence-electron chi connectivity index (χ3n) is 1.37. The fourth-order valence-corrected chi connectivity index (χ4v) is 1.09. The molecular formula is C7H4BrF3N2O2. The van der Waals surface area contributed by atoms with E-state index in [4.69, 9.17) is 0 Å². The van der Waals surface area contributed by atoms with Crippen molar-refractivity contribution in [3.8, 4) is 0 Å². The van der Waals surface area contributed by atoms with E-state index in [0.717, 1.165) is 6.07 Å². The van der Waals surface area contributed by atoms with E-state index in [2.05, 4.69) is 20.9 Å². The van der Waals surface area contributed by atoms with Crippen molar-refractivity contribution in [2.45, 2.75) is 6.18 Å². The predicted molar refractivity (Wildman–Crippen MR) is 49.4 cm³/mol. The van der Waals surface area contributed by atoms with Gasteiger partial charge in [0.1, 0.15) is 5.69 Å². The van der Waals surface area contributed by atoms with Gasteiger partial charge >= 0.3 is 12.1 Å². The maximum Gasteiger partial charge on any atom is 0.471 e. The van der Waals surface area contributed by atoms with Gasteiger partial charge in [0.2, 0.25) is 0 Å². The molecule has 82 valence electrons. The molecule has 1 rings (SSSR count). The molecule has 1 heterocycles. The first-order chi connectivity index (χ1) is 6.80. The number of rotatable bonds is 1. The first-order valence-electron chi connectivity index (χ1n) is 3.57. The highest BCUT2D eigenvalue weighted by atomic mass is 79.9. The van der Waals surface area contributed by atoms with Gasteiger partial charge in [-0.2, -0.15) is 13.2 Å². The number of alkyl halides is 3. The molecule has 2 N–H and O–H groups in total. The summed E-state index contributed by atoms with van der Waals surface area (Å²) in [7, 11) is 0. The van der Waals surface area contributed by atoms with Gasteiger partial charge in [0.05, 0.1) is 0 Å². The number of halogens is 4. The summed E-state index contributed by atoms with van der Waals surface area (Å²) in [5.41, 5.74) is -1.28. The fraction of sp³-hybridized carbons (Fsp3) is 0.143. The Hall–Kier alpha value is -1.31. The molecule has 15 heavy (non-hydrogen) atoms. The zero-order valence-electron chi connectivity index (χ0n) is 6.98. The average molecular weight is 285 g/mol. The van der Waals surface area contributed by atoms with Crippen LogP contribution < -0.4 is 10.9 Å². The molecule has 8 heteroatoms. The highest BCUT2D eigenvalue weighted by Gasteiger charge is 2.39. The third kappa shape index (κ3) is 3.08. The van der Waals surface area contributed by atoms with Crippen LogP contribution >= 0.6 is 15.9 Å². The molecule has 4 nitrogen and oxygen atoms in total. The van der Waals surface area contributed by atoms with Crippen LogP contribution in [0.4, 0.5) is 18.9 Å². The van der Waals surface area contributed by atoms with Crippen LogP contribution in [0.2, 0.25) is 0 Å². The molecule has 1 amide bonds. The van der Waals surface area contributed by atoms with Gasteiger partial charge in [0, 0.05) is 10.7 Å². The maximum atomic E-state index is 11.8. The van der Waals surface area contributed by atoms with Crippen molar-refractivity contribution in [3.63, 3.8) is 0 Å². The first-order valence-corrected chi connectivity index (χ1v) is 4.36. The number of hydrogen-bond acceptors (Lipinski definition) is 2. The summed E-state index contributed by atoms with van der Waals surface area (Å²) in [5, 5.41) is 1.45. The molecule has 0 saturated heterocycles. The van der Waals surface area contributed by atoms with Gasteiger partial charge in [-0.1, -0.05) is 0 Å². The van der Waals surface area contributed by atoms with Crippen molar-refractivity contribution < 1.29 is 18.0 Å². The Morgan fingerprint density at radius 3 is 2.60 bits per heavy atom. The highest BCUT2D eigenvalue weighted by molar-refractivity contribution is 9.10. The minimum Gasteiger partial charge on any atom is -0.326 e. The summed E-state index contributed by atoms with van der Waals surface area (Å²) in [5.74, 6) is -2.19. The second kappa shape index (κ2) is 4.05. The molecule has 0 bridgehead atoms. The second-order valence-electron chi connectivity index (χ2n) is 2.51. The minimum atomic E-state index is -5.02. The Bertz CT molecular complexity index is 441.